The second-order valence-corrected chi connectivity index (χ2v) is 9.80. The summed E-state index contributed by atoms with van der Waals surface area (Å²) in [5, 5.41) is 2.77. The van der Waals surface area contributed by atoms with Crippen LogP contribution in [-0.2, 0) is 28.7 Å². The highest BCUT2D eigenvalue weighted by atomic mass is 19.4. The number of amides is 2. The molecule has 1 unspecified atom stereocenters. The average molecular weight is 503 g/mol. The fraction of sp³-hybridized carbons (Fsp3) is 0.481. The zero-order valence-electron chi connectivity index (χ0n) is 20.4. The highest BCUT2D eigenvalue weighted by Gasteiger charge is 2.44. The van der Waals surface area contributed by atoms with Crippen LogP contribution in [0, 0.1) is 0 Å². The number of hydrogen-bond donors (Lipinski definition) is 2. The van der Waals surface area contributed by atoms with Crippen LogP contribution in [0.2, 0.25) is 0 Å². The largest absolute Gasteiger partial charge is 0.416 e. The molecule has 2 aliphatic heterocycles. The second kappa shape index (κ2) is 11.0. The SMILES string of the molecule is C[C@H](C(=O)NCc1ccc(C(F)(F)F)cc1)N1CCC(CCc2ccccc2)N2C[C@H](N)C[C@H]2C1=O. The van der Waals surface area contributed by atoms with Gasteiger partial charge in [0.2, 0.25) is 11.8 Å². The lowest BCUT2D eigenvalue weighted by atomic mass is 10.0. The van der Waals surface area contributed by atoms with E-state index < -0.39 is 17.8 Å². The van der Waals surface area contributed by atoms with Crippen LogP contribution in [0.4, 0.5) is 13.2 Å². The van der Waals surface area contributed by atoms with Gasteiger partial charge in [0.25, 0.3) is 0 Å². The lowest BCUT2D eigenvalue weighted by molar-refractivity contribution is -0.142. The minimum absolute atomic E-state index is 0.0812. The monoisotopic (exact) mass is 502 g/mol. The number of rotatable bonds is 7. The molecule has 0 spiro atoms. The fourth-order valence-corrected chi connectivity index (χ4v) is 5.26. The molecule has 36 heavy (non-hydrogen) atoms. The molecule has 0 aromatic heterocycles. The van der Waals surface area contributed by atoms with Crippen molar-refractivity contribution in [2.24, 2.45) is 5.73 Å². The number of aryl methyl sites for hydroxylation is 1. The van der Waals surface area contributed by atoms with Crippen LogP contribution < -0.4 is 11.1 Å². The van der Waals surface area contributed by atoms with E-state index in [4.69, 9.17) is 5.73 Å². The first-order valence-corrected chi connectivity index (χ1v) is 12.4. The third kappa shape index (κ3) is 6.07. The van der Waals surface area contributed by atoms with Crippen molar-refractivity contribution >= 4 is 11.8 Å². The Bertz CT molecular complexity index is 1050. The Morgan fingerprint density at radius 2 is 1.81 bits per heavy atom. The van der Waals surface area contributed by atoms with Gasteiger partial charge in [0, 0.05) is 31.7 Å². The maximum Gasteiger partial charge on any atom is 0.416 e. The number of benzene rings is 2. The van der Waals surface area contributed by atoms with Gasteiger partial charge in [-0.15, -0.1) is 0 Å². The number of hydrogen-bond acceptors (Lipinski definition) is 4. The first kappa shape index (κ1) is 26.2. The lowest BCUT2D eigenvalue weighted by Gasteiger charge is -2.30. The van der Waals surface area contributed by atoms with Crippen molar-refractivity contribution < 1.29 is 22.8 Å². The molecule has 0 radical (unpaired) electrons. The topological polar surface area (TPSA) is 78.7 Å². The molecule has 2 saturated heterocycles. The molecular weight excluding hydrogens is 469 g/mol. The van der Waals surface area contributed by atoms with E-state index in [1.54, 1.807) is 11.8 Å². The number of carbonyl (C=O) groups is 2. The molecule has 4 atom stereocenters. The Labute approximate surface area is 209 Å². The third-order valence-electron chi connectivity index (χ3n) is 7.32. The van der Waals surface area contributed by atoms with Crippen LogP contribution in [0.15, 0.2) is 54.6 Å². The van der Waals surface area contributed by atoms with Crippen molar-refractivity contribution in [1.29, 1.82) is 0 Å². The van der Waals surface area contributed by atoms with E-state index in [1.807, 2.05) is 18.2 Å². The van der Waals surface area contributed by atoms with Gasteiger partial charge in [0.15, 0.2) is 0 Å². The molecule has 2 aromatic carbocycles. The summed E-state index contributed by atoms with van der Waals surface area (Å²) in [5.74, 6) is -0.415. The quantitative estimate of drug-likeness (QED) is 0.609. The maximum atomic E-state index is 13.5. The van der Waals surface area contributed by atoms with Gasteiger partial charge in [-0.2, -0.15) is 13.2 Å². The van der Waals surface area contributed by atoms with E-state index >= 15 is 0 Å². The molecule has 4 rings (SSSR count). The molecule has 2 fully saturated rings. The highest BCUT2D eigenvalue weighted by molar-refractivity contribution is 5.90. The third-order valence-corrected chi connectivity index (χ3v) is 7.32. The van der Waals surface area contributed by atoms with Crippen LogP contribution in [0.1, 0.15) is 42.9 Å². The number of carbonyl (C=O) groups excluding carboxylic acids is 2. The van der Waals surface area contributed by atoms with Crippen LogP contribution in [0.25, 0.3) is 0 Å². The number of nitrogens with two attached hydrogens (primary N) is 1. The van der Waals surface area contributed by atoms with E-state index in [0.29, 0.717) is 25.1 Å². The standard InChI is InChI=1S/C27H33F3N4O2/c1-18(25(35)32-16-20-7-10-21(11-8-20)27(28,29)30)33-14-13-23(12-9-19-5-3-2-4-6-19)34-17-22(31)15-24(34)26(33)36/h2-8,10-11,18,22-24H,9,12-17,31H2,1H3,(H,32,35)/t18-,22-,23?,24+/m1/s1. The van der Waals surface area contributed by atoms with Gasteiger partial charge in [-0.05, 0) is 55.9 Å². The second-order valence-electron chi connectivity index (χ2n) is 9.80. The number of alkyl halides is 3. The summed E-state index contributed by atoms with van der Waals surface area (Å²) in [5.41, 5.74) is 7.32. The fourth-order valence-electron chi connectivity index (χ4n) is 5.26. The Hall–Kier alpha value is -2.91. The number of halogens is 3. The first-order chi connectivity index (χ1) is 17.1. The number of nitrogens with zero attached hydrogens (tertiary/aromatic N) is 2. The minimum atomic E-state index is -4.40. The summed E-state index contributed by atoms with van der Waals surface area (Å²) in [6.07, 6.45) is -1.28. The average Bonchev–Trinajstić information content (AvgIpc) is 3.20. The summed E-state index contributed by atoms with van der Waals surface area (Å²) in [4.78, 5) is 30.3. The molecular formula is C27H33F3N4O2. The molecule has 2 amide bonds. The number of fused-ring (bicyclic) bond motifs is 1. The Morgan fingerprint density at radius 1 is 1.11 bits per heavy atom. The van der Waals surface area contributed by atoms with Crippen molar-refractivity contribution in [3.63, 3.8) is 0 Å². The summed E-state index contributed by atoms with van der Waals surface area (Å²) in [6.45, 7) is 2.92. The zero-order chi connectivity index (χ0) is 25.9. The molecule has 6 nitrogen and oxygen atoms in total. The molecule has 0 aliphatic carbocycles. The predicted octanol–water partition coefficient (Wildman–Crippen LogP) is 3.35. The molecule has 0 bridgehead atoms. The van der Waals surface area contributed by atoms with Crippen molar-refractivity contribution in [2.75, 3.05) is 13.1 Å². The van der Waals surface area contributed by atoms with Crippen LogP contribution in [-0.4, -0.2) is 58.9 Å². The highest BCUT2D eigenvalue weighted by Crippen LogP contribution is 2.30. The van der Waals surface area contributed by atoms with E-state index in [-0.39, 0.29) is 36.5 Å². The van der Waals surface area contributed by atoms with Crippen molar-refractivity contribution in [2.45, 2.75) is 69.5 Å². The zero-order valence-corrected chi connectivity index (χ0v) is 20.4. The van der Waals surface area contributed by atoms with Gasteiger partial charge in [0.05, 0.1) is 11.6 Å². The summed E-state index contributed by atoms with van der Waals surface area (Å²) < 4.78 is 38.3. The van der Waals surface area contributed by atoms with Crippen molar-refractivity contribution in [3.05, 3.63) is 71.3 Å². The first-order valence-electron chi connectivity index (χ1n) is 12.4. The normalized spacial score (nSPS) is 23.8. The molecule has 2 heterocycles. The maximum absolute atomic E-state index is 13.5. The lowest BCUT2D eigenvalue weighted by Crippen LogP contribution is -2.52. The predicted molar refractivity (Wildman–Crippen MR) is 131 cm³/mol. The van der Waals surface area contributed by atoms with E-state index in [2.05, 4.69) is 22.3 Å². The molecule has 3 N–H and O–H groups in total. The van der Waals surface area contributed by atoms with Crippen molar-refractivity contribution in [1.82, 2.24) is 15.1 Å². The molecule has 194 valence electrons. The summed E-state index contributed by atoms with van der Waals surface area (Å²) in [6, 6.07) is 14.0. The Kier molecular flexibility index (Phi) is 8.00. The van der Waals surface area contributed by atoms with E-state index in [1.165, 1.54) is 17.7 Å². The van der Waals surface area contributed by atoms with Crippen LogP contribution in [0.5, 0.6) is 0 Å². The van der Waals surface area contributed by atoms with Gasteiger partial charge >= 0.3 is 6.18 Å². The van der Waals surface area contributed by atoms with Crippen LogP contribution in [0.3, 0.4) is 0 Å². The van der Waals surface area contributed by atoms with Crippen LogP contribution >= 0.6 is 0 Å². The van der Waals surface area contributed by atoms with Gasteiger partial charge in [0.1, 0.15) is 6.04 Å². The van der Waals surface area contributed by atoms with Crippen molar-refractivity contribution in [3.8, 4) is 0 Å². The minimum Gasteiger partial charge on any atom is -0.350 e. The van der Waals surface area contributed by atoms with Gasteiger partial charge in [-0.3, -0.25) is 14.5 Å². The van der Waals surface area contributed by atoms with Gasteiger partial charge in [-0.25, -0.2) is 0 Å². The Balaban J connectivity index is 1.39. The Morgan fingerprint density at radius 3 is 2.47 bits per heavy atom. The molecule has 9 heteroatoms. The van der Waals surface area contributed by atoms with Gasteiger partial charge in [-0.1, -0.05) is 42.5 Å². The molecule has 2 aliphatic rings. The van der Waals surface area contributed by atoms with Gasteiger partial charge < -0.3 is 16.0 Å². The molecule has 0 saturated carbocycles. The number of nitrogens with one attached hydrogen (secondary N) is 1. The summed E-state index contributed by atoms with van der Waals surface area (Å²) >= 11 is 0. The van der Waals surface area contributed by atoms with E-state index in [9.17, 15) is 22.8 Å². The smallest absolute Gasteiger partial charge is 0.350 e. The summed E-state index contributed by atoms with van der Waals surface area (Å²) in [7, 11) is 0. The van der Waals surface area contributed by atoms with E-state index in [0.717, 1.165) is 31.4 Å². The molecule has 2 aromatic rings.